The van der Waals surface area contributed by atoms with Crippen LogP contribution in [-0.4, -0.2) is 48.3 Å². The van der Waals surface area contributed by atoms with Gasteiger partial charge in [-0.15, -0.1) is 0 Å². The minimum Gasteiger partial charge on any atom is -0.459 e. The van der Waals surface area contributed by atoms with Crippen molar-refractivity contribution in [3.63, 3.8) is 0 Å². The van der Waals surface area contributed by atoms with Crippen molar-refractivity contribution in [2.75, 3.05) is 6.61 Å². The third-order valence-corrected chi connectivity index (χ3v) is 3.91. The van der Waals surface area contributed by atoms with E-state index in [-0.39, 0.29) is 12.2 Å². The van der Waals surface area contributed by atoms with E-state index in [2.05, 4.69) is 0 Å². The second-order valence-corrected chi connectivity index (χ2v) is 5.71. The van der Waals surface area contributed by atoms with Gasteiger partial charge in [0.15, 0.2) is 18.6 Å². The van der Waals surface area contributed by atoms with Crippen LogP contribution < -0.4 is 0 Å². The van der Waals surface area contributed by atoms with Crippen molar-refractivity contribution >= 4 is 11.9 Å². The molecule has 136 valence electrons. The van der Waals surface area contributed by atoms with E-state index in [1.54, 1.807) is 48.5 Å². The monoisotopic (exact) mass is 360 g/mol. The van der Waals surface area contributed by atoms with E-state index in [0.717, 1.165) is 0 Å². The maximum absolute atomic E-state index is 14.2. The zero-order chi connectivity index (χ0) is 18.5. The van der Waals surface area contributed by atoms with Gasteiger partial charge >= 0.3 is 11.9 Å². The van der Waals surface area contributed by atoms with E-state index in [4.69, 9.17) is 14.2 Å². The molecule has 7 heteroatoms. The van der Waals surface area contributed by atoms with Gasteiger partial charge in [0.1, 0.15) is 12.7 Å². The van der Waals surface area contributed by atoms with Gasteiger partial charge in [-0.2, -0.15) is 0 Å². The maximum Gasteiger partial charge on any atom is 0.338 e. The van der Waals surface area contributed by atoms with Crippen LogP contribution in [0.1, 0.15) is 20.7 Å². The van der Waals surface area contributed by atoms with E-state index in [1.165, 1.54) is 12.1 Å². The summed E-state index contributed by atoms with van der Waals surface area (Å²) in [6.45, 7) is -0.363. The average molecular weight is 360 g/mol. The van der Waals surface area contributed by atoms with Crippen molar-refractivity contribution in [2.45, 2.75) is 24.7 Å². The zero-order valence-electron chi connectivity index (χ0n) is 13.7. The molecule has 3 rings (SSSR count). The Morgan fingerprint density at radius 2 is 1.50 bits per heavy atom. The van der Waals surface area contributed by atoms with Gasteiger partial charge in [-0.05, 0) is 24.3 Å². The highest BCUT2D eigenvalue weighted by atomic mass is 19.1. The van der Waals surface area contributed by atoms with Gasteiger partial charge in [-0.1, -0.05) is 36.4 Å². The number of alkyl halides is 1. The summed E-state index contributed by atoms with van der Waals surface area (Å²) in [7, 11) is 0. The fraction of sp³-hybridized carbons (Fsp3) is 0.263. The van der Waals surface area contributed by atoms with Crippen molar-refractivity contribution in [1.29, 1.82) is 0 Å². The highest BCUT2D eigenvalue weighted by molar-refractivity contribution is 5.90. The van der Waals surface area contributed by atoms with Crippen LogP contribution in [0.4, 0.5) is 4.39 Å². The van der Waals surface area contributed by atoms with E-state index >= 15 is 0 Å². The summed E-state index contributed by atoms with van der Waals surface area (Å²) in [5, 5.41) is 9.58. The summed E-state index contributed by atoms with van der Waals surface area (Å²) < 4.78 is 29.4. The maximum atomic E-state index is 14.2. The van der Waals surface area contributed by atoms with Gasteiger partial charge in [0.05, 0.1) is 11.1 Å². The number of halogens is 1. The van der Waals surface area contributed by atoms with Gasteiger partial charge in [0.2, 0.25) is 0 Å². The molecule has 2 aromatic carbocycles. The van der Waals surface area contributed by atoms with Crippen LogP contribution in [0, 0.1) is 0 Å². The molecular weight excluding hydrogens is 343 g/mol. The molecule has 1 unspecified atom stereocenters. The van der Waals surface area contributed by atoms with Gasteiger partial charge in [-0.3, -0.25) is 0 Å². The largest absolute Gasteiger partial charge is 0.459 e. The molecule has 26 heavy (non-hydrogen) atoms. The number of benzene rings is 2. The Hall–Kier alpha value is -2.77. The number of hydrogen-bond donors (Lipinski definition) is 1. The Balaban J connectivity index is 1.63. The number of carbonyl (C=O) groups is 2. The van der Waals surface area contributed by atoms with E-state index in [9.17, 15) is 19.1 Å². The Morgan fingerprint density at radius 3 is 2.08 bits per heavy atom. The second-order valence-electron chi connectivity index (χ2n) is 5.71. The van der Waals surface area contributed by atoms with Crippen LogP contribution in [0.25, 0.3) is 0 Å². The van der Waals surface area contributed by atoms with Gasteiger partial charge < -0.3 is 19.3 Å². The predicted molar refractivity (Wildman–Crippen MR) is 88.1 cm³/mol. The molecule has 1 aliphatic heterocycles. The van der Waals surface area contributed by atoms with Gasteiger partial charge in [-0.25, -0.2) is 14.0 Å². The van der Waals surface area contributed by atoms with Crippen molar-refractivity contribution in [3.8, 4) is 0 Å². The molecular formula is C19H17FO6. The van der Waals surface area contributed by atoms with E-state index < -0.39 is 36.6 Å². The summed E-state index contributed by atoms with van der Waals surface area (Å²) in [5.41, 5.74) is 0.557. The first-order chi connectivity index (χ1) is 12.6. The molecule has 1 N–H and O–H groups in total. The quantitative estimate of drug-likeness (QED) is 0.823. The minimum absolute atomic E-state index is 0.237. The molecule has 0 spiro atoms. The third-order valence-electron chi connectivity index (χ3n) is 3.91. The fourth-order valence-corrected chi connectivity index (χ4v) is 2.56. The second kappa shape index (κ2) is 8.07. The molecule has 6 nitrogen and oxygen atoms in total. The Labute approximate surface area is 149 Å². The molecule has 0 aromatic heterocycles. The summed E-state index contributed by atoms with van der Waals surface area (Å²) in [6, 6.07) is 16.3. The normalized spacial score (nSPS) is 24.8. The summed E-state index contributed by atoms with van der Waals surface area (Å²) >= 11 is 0. The number of rotatable bonds is 5. The number of esters is 2. The molecule has 0 bridgehead atoms. The SMILES string of the molecule is O=C(OC[C@@H]1O[C@H](O)[C@H](F)C1OC(=O)c1ccccc1)c1ccccc1. The Kier molecular flexibility index (Phi) is 5.60. The van der Waals surface area contributed by atoms with Crippen molar-refractivity contribution in [2.24, 2.45) is 0 Å². The molecule has 0 saturated carbocycles. The number of hydrogen-bond acceptors (Lipinski definition) is 6. The smallest absolute Gasteiger partial charge is 0.338 e. The van der Waals surface area contributed by atoms with Crippen molar-refractivity contribution < 1.29 is 33.3 Å². The van der Waals surface area contributed by atoms with Crippen LogP contribution in [-0.2, 0) is 14.2 Å². The molecule has 1 fully saturated rings. The molecule has 1 saturated heterocycles. The summed E-state index contributed by atoms with van der Waals surface area (Å²) in [6.07, 6.45) is -6.20. The third kappa shape index (κ3) is 4.07. The lowest BCUT2D eigenvalue weighted by Gasteiger charge is -2.19. The molecule has 1 aliphatic rings. The highest BCUT2D eigenvalue weighted by Gasteiger charge is 2.47. The predicted octanol–water partition coefficient (Wildman–Crippen LogP) is 2.12. The fourth-order valence-electron chi connectivity index (χ4n) is 2.56. The molecule has 2 aromatic rings. The first kappa shape index (κ1) is 18.0. The molecule has 1 heterocycles. The van der Waals surface area contributed by atoms with Crippen LogP contribution in [0.15, 0.2) is 60.7 Å². The Bertz CT molecular complexity index is 751. The number of aliphatic hydroxyl groups excluding tert-OH is 1. The van der Waals surface area contributed by atoms with Crippen LogP contribution in [0.2, 0.25) is 0 Å². The number of aliphatic hydroxyl groups is 1. The average Bonchev–Trinajstić information content (AvgIpc) is 2.95. The van der Waals surface area contributed by atoms with E-state index in [0.29, 0.717) is 5.56 Å². The topological polar surface area (TPSA) is 82.1 Å². The molecule has 0 aliphatic carbocycles. The Morgan fingerprint density at radius 1 is 0.962 bits per heavy atom. The van der Waals surface area contributed by atoms with E-state index in [1.807, 2.05) is 0 Å². The first-order valence-electron chi connectivity index (χ1n) is 8.02. The lowest BCUT2D eigenvalue weighted by Crippen LogP contribution is -2.37. The van der Waals surface area contributed by atoms with Crippen LogP contribution in [0.5, 0.6) is 0 Å². The standard InChI is InChI=1S/C19H17FO6/c20-15-16(26-18(22)13-9-5-2-6-10-13)14(25-19(15)23)11-24-17(21)12-7-3-1-4-8-12/h1-10,14-16,19,23H,11H2/t14-,15+,16?,19-/m0/s1. The van der Waals surface area contributed by atoms with Crippen molar-refractivity contribution in [3.05, 3.63) is 71.8 Å². The number of carbonyl (C=O) groups excluding carboxylic acids is 2. The molecule has 0 amide bonds. The zero-order valence-corrected chi connectivity index (χ0v) is 13.7. The molecule has 0 radical (unpaired) electrons. The van der Waals surface area contributed by atoms with Gasteiger partial charge in [0, 0.05) is 0 Å². The first-order valence-corrected chi connectivity index (χ1v) is 8.02. The summed E-state index contributed by atoms with van der Waals surface area (Å²) in [5.74, 6) is -1.38. The van der Waals surface area contributed by atoms with Crippen LogP contribution in [0.3, 0.4) is 0 Å². The lowest BCUT2D eigenvalue weighted by molar-refractivity contribution is -0.122. The minimum atomic E-state index is -1.94. The van der Waals surface area contributed by atoms with Crippen molar-refractivity contribution in [1.82, 2.24) is 0 Å². The van der Waals surface area contributed by atoms with Gasteiger partial charge in [0.25, 0.3) is 0 Å². The van der Waals surface area contributed by atoms with Crippen LogP contribution >= 0.6 is 0 Å². The highest BCUT2D eigenvalue weighted by Crippen LogP contribution is 2.26. The lowest BCUT2D eigenvalue weighted by atomic mass is 10.1. The number of ether oxygens (including phenoxy) is 3. The molecule has 4 atom stereocenters. The summed E-state index contributed by atoms with van der Waals surface area (Å²) in [4.78, 5) is 24.1.